The Bertz CT molecular complexity index is 673. The molecule has 4 rings (SSSR count). The van der Waals surface area contributed by atoms with E-state index in [2.05, 4.69) is 0 Å². The fraction of sp³-hybridized carbons (Fsp3) is 0.636. The van der Waals surface area contributed by atoms with Gasteiger partial charge in [0.05, 0.1) is 24.7 Å². The number of amides is 1. The maximum atomic E-state index is 12.2. The molecule has 1 heterocycles. The third kappa shape index (κ3) is 4.32. The molecule has 0 bridgehead atoms. The quantitative estimate of drug-likeness (QED) is 0.700. The van der Waals surface area contributed by atoms with Crippen molar-refractivity contribution in [3.63, 3.8) is 0 Å². The molecule has 1 amide bonds. The zero-order valence-electron chi connectivity index (χ0n) is 16.4. The molecule has 1 aliphatic heterocycles. The molecule has 1 aromatic carbocycles. The van der Waals surface area contributed by atoms with Gasteiger partial charge in [-0.2, -0.15) is 0 Å². The van der Waals surface area contributed by atoms with E-state index in [9.17, 15) is 9.59 Å². The summed E-state index contributed by atoms with van der Waals surface area (Å²) in [6.45, 7) is 3.96. The fourth-order valence-corrected chi connectivity index (χ4v) is 4.75. The van der Waals surface area contributed by atoms with Crippen molar-refractivity contribution in [1.29, 1.82) is 0 Å². The normalized spacial score (nSPS) is 29.2. The molecule has 2 saturated carbocycles. The largest absolute Gasteiger partial charge is 0.466 e. The summed E-state index contributed by atoms with van der Waals surface area (Å²) in [5.41, 5.74) is 0.995. The van der Waals surface area contributed by atoms with E-state index in [4.69, 9.17) is 14.2 Å². The molecule has 0 aromatic heterocycles. The van der Waals surface area contributed by atoms with Crippen LogP contribution in [-0.4, -0.2) is 48.9 Å². The molecule has 4 atom stereocenters. The molecule has 3 aliphatic rings. The first-order valence-corrected chi connectivity index (χ1v) is 10.4. The highest BCUT2D eigenvalue weighted by Gasteiger charge is 2.60. The molecule has 0 spiro atoms. The number of piperidine rings is 1. The van der Waals surface area contributed by atoms with Crippen molar-refractivity contribution in [1.82, 2.24) is 4.90 Å². The number of ether oxygens (including phenoxy) is 3. The lowest BCUT2D eigenvalue weighted by molar-refractivity contribution is -0.146. The van der Waals surface area contributed by atoms with Crippen LogP contribution in [0.1, 0.15) is 38.2 Å². The highest BCUT2D eigenvalue weighted by atomic mass is 16.6. The number of rotatable bonds is 6. The first-order chi connectivity index (χ1) is 13.7. The van der Waals surface area contributed by atoms with Gasteiger partial charge in [-0.3, -0.25) is 4.79 Å². The Hall–Kier alpha value is -2.08. The second-order valence-corrected chi connectivity index (χ2v) is 8.06. The van der Waals surface area contributed by atoms with E-state index in [-0.39, 0.29) is 30.2 Å². The van der Waals surface area contributed by atoms with Crippen LogP contribution in [0.2, 0.25) is 0 Å². The summed E-state index contributed by atoms with van der Waals surface area (Å²) in [7, 11) is 0. The predicted molar refractivity (Wildman–Crippen MR) is 102 cm³/mol. The SMILES string of the molecule is CCOC(=O)[C@@H]1[C@@H]2C[C@@H](OC3CCN(C(=O)OCc4ccccc4)CC3)C[C@@H]21. The minimum atomic E-state index is -0.248. The predicted octanol–water partition coefficient (Wildman–Crippen LogP) is 3.39. The molecular weight excluding hydrogens is 358 g/mol. The maximum absolute atomic E-state index is 12.2. The van der Waals surface area contributed by atoms with Gasteiger partial charge >= 0.3 is 12.1 Å². The van der Waals surface area contributed by atoms with Gasteiger partial charge in [-0.15, -0.1) is 0 Å². The van der Waals surface area contributed by atoms with Crippen LogP contribution in [0.25, 0.3) is 0 Å². The number of likely N-dealkylation sites (tertiary alicyclic amines) is 1. The number of benzene rings is 1. The van der Waals surface area contributed by atoms with Gasteiger partial charge in [0, 0.05) is 13.1 Å². The van der Waals surface area contributed by atoms with Crippen LogP contribution in [0, 0.1) is 17.8 Å². The third-order valence-electron chi connectivity index (χ3n) is 6.25. The van der Waals surface area contributed by atoms with Gasteiger partial charge in [0.15, 0.2) is 0 Å². The Balaban J connectivity index is 1.14. The second kappa shape index (κ2) is 8.52. The molecule has 2 aliphatic carbocycles. The van der Waals surface area contributed by atoms with Gasteiger partial charge in [-0.1, -0.05) is 30.3 Å². The molecular formula is C22H29NO5. The second-order valence-electron chi connectivity index (χ2n) is 8.06. The average Bonchev–Trinajstić information content (AvgIpc) is 3.23. The van der Waals surface area contributed by atoms with Crippen molar-refractivity contribution in [2.24, 2.45) is 17.8 Å². The minimum absolute atomic E-state index is 0.0294. The number of fused-ring (bicyclic) bond motifs is 1. The van der Waals surface area contributed by atoms with Gasteiger partial charge in [0.1, 0.15) is 6.61 Å². The number of hydrogen-bond donors (Lipinski definition) is 0. The number of carbonyl (C=O) groups excluding carboxylic acids is 2. The topological polar surface area (TPSA) is 65.1 Å². The summed E-state index contributed by atoms with van der Waals surface area (Å²) in [6, 6.07) is 9.72. The molecule has 152 valence electrons. The number of hydrogen-bond acceptors (Lipinski definition) is 5. The summed E-state index contributed by atoms with van der Waals surface area (Å²) in [6.07, 6.45) is 3.81. The molecule has 6 heteroatoms. The Morgan fingerprint density at radius 3 is 2.32 bits per heavy atom. The van der Waals surface area contributed by atoms with E-state index in [1.165, 1.54) is 0 Å². The molecule has 0 N–H and O–H groups in total. The van der Waals surface area contributed by atoms with Crippen LogP contribution in [0.15, 0.2) is 30.3 Å². The molecule has 0 radical (unpaired) electrons. The summed E-state index contributed by atoms with van der Waals surface area (Å²) in [5.74, 6) is 0.994. The van der Waals surface area contributed by atoms with E-state index in [1.807, 2.05) is 37.3 Å². The van der Waals surface area contributed by atoms with Crippen molar-refractivity contribution < 1.29 is 23.8 Å². The molecule has 3 fully saturated rings. The monoisotopic (exact) mass is 387 g/mol. The third-order valence-corrected chi connectivity index (χ3v) is 6.25. The van der Waals surface area contributed by atoms with Crippen molar-refractivity contribution in [3.8, 4) is 0 Å². The number of nitrogens with zero attached hydrogens (tertiary/aromatic N) is 1. The zero-order chi connectivity index (χ0) is 19.5. The van der Waals surface area contributed by atoms with Gasteiger partial charge in [-0.25, -0.2) is 4.79 Å². The van der Waals surface area contributed by atoms with E-state index in [0.717, 1.165) is 31.2 Å². The molecule has 1 aromatic rings. The summed E-state index contributed by atoms with van der Waals surface area (Å²) in [4.78, 5) is 25.9. The lowest BCUT2D eigenvalue weighted by Gasteiger charge is -2.33. The van der Waals surface area contributed by atoms with Gasteiger partial charge in [-0.05, 0) is 50.0 Å². The van der Waals surface area contributed by atoms with Crippen LogP contribution < -0.4 is 0 Å². The van der Waals surface area contributed by atoms with E-state index >= 15 is 0 Å². The van der Waals surface area contributed by atoms with Crippen LogP contribution in [0.3, 0.4) is 0 Å². The molecule has 6 nitrogen and oxygen atoms in total. The summed E-state index contributed by atoms with van der Waals surface area (Å²) in [5, 5.41) is 0. The summed E-state index contributed by atoms with van der Waals surface area (Å²) >= 11 is 0. The number of esters is 1. The molecule has 1 saturated heterocycles. The van der Waals surface area contributed by atoms with Crippen LogP contribution in [0.4, 0.5) is 4.79 Å². The lowest BCUT2D eigenvalue weighted by atomic mass is 10.1. The van der Waals surface area contributed by atoms with Crippen molar-refractivity contribution in [2.75, 3.05) is 19.7 Å². The highest BCUT2D eigenvalue weighted by molar-refractivity contribution is 5.76. The van der Waals surface area contributed by atoms with Gasteiger partial charge in [0.2, 0.25) is 0 Å². The Morgan fingerprint density at radius 2 is 1.68 bits per heavy atom. The molecule has 28 heavy (non-hydrogen) atoms. The van der Waals surface area contributed by atoms with Crippen molar-refractivity contribution in [2.45, 2.75) is 51.4 Å². The van der Waals surface area contributed by atoms with Gasteiger partial charge in [0.25, 0.3) is 0 Å². The standard InChI is InChI=1S/C22H29NO5/c1-2-26-21(24)20-18-12-17(13-19(18)20)28-16-8-10-23(11-9-16)22(25)27-14-15-6-4-3-5-7-15/h3-7,16-20H,2,8-14H2,1H3/t17-,18-,19+,20-. The first-order valence-electron chi connectivity index (χ1n) is 10.4. The number of carbonyl (C=O) groups is 2. The van der Waals surface area contributed by atoms with Crippen LogP contribution >= 0.6 is 0 Å². The Kier molecular flexibility index (Phi) is 5.85. The van der Waals surface area contributed by atoms with E-state index in [0.29, 0.717) is 38.1 Å². The fourth-order valence-electron chi connectivity index (χ4n) is 4.75. The van der Waals surface area contributed by atoms with E-state index < -0.39 is 0 Å². The smallest absolute Gasteiger partial charge is 0.410 e. The Morgan fingerprint density at radius 1 is 1.00 bits per heavy atom. The van der Waals surface area contributed by atoms with E-state index in [1.54, 1.807) is 4.90 Å². The summed E-state index contributed by atoms with van der Waals surface area (Å²) < 4.78 is 16.8. The maximum Gasteiger partial charge on any atom is 0.410 e. The average molecular weight is 387 g/mol. The Labute approximate surface area is 166 Å². The lowest BCUT2D eigenvalue weighted by Crippen LogP contribution is -2.42. The first kappa shape index (κ1) is 19.2. The highest BCUT2D eigenvalue weighted by Crippen LogP contribution is 2.58. The van der Waals surface area contributed by atoms with Crippen molar-refractivity contribution in [3.05, 3.63) is 35.9 Å². The van der Waals surface area contributed by atoms with Crippen LogP contribution in [0.5, 0.6) is 0 Å². The van der Waals surface area contributed by atoms with Crippen LogP contribution in [-0.2, 0) is 25.6 Å². The zero-order valence-corrected chi connectivity index (χ0v) is 16.4. The molecule has 0 unspecified atom stereocenters. The van der Waals surface area contributed by atoms with Gasteiger partial charge < -0.3 is 19.1 Å². The minimum Gasteiger partial charge on any atom is -0.466 e. The van der Waals surface area contributed by atoms with Crippen molar-refractivity contribution >= 4 is 12.1 Å².